The first-order valence-corrected chi connectivity index (χ1v) is 5.37. The molecule has 2 heterocycles. The van der Waals surface area contributed by atoms with Gasteiger partial charge in [-0.15, -0.1) is 0 Å². The first-order chi connectivity index (χ1) is 7.38. The van der Waals surface area contributed by atoms with E-state index in [1.165, 1.54) is 26.6 Å². The maximum atomic E-state index is 8.95. The zero-order chi connectivity index (χ0) is 10.9. The molecule has 0 amide bonds. The summed E-state index contributed by atoms with van der Waals surface area (Å²) in [6, 6.07) is 0.791. The Balaban J connectivity index is 0.000000245. The second-order valence-electron chi connectivity index (χ2n) is 3.63. The average Bonchev–Trinajstić information content (AvgIpc) is 2.84. The molecule has 0 aromatic heterocycles. The summed E-state index contributed by atoms with van der Waals surface area (Å²) in [5, 5.41) is 3.39. The topological polar surface area (TPSA) is 50.8 Å². The Morgan fingerprint density at radius 2 is 2.13 bits per heavy atom. The maximum absolute atomic E-state index is 8.95. The SMILES string of the molecule is C1CC(N2CCOCC2)CN1.COC=O. The molecule has 2 saturated heterocycles. The predicted molar refractivity (Wildman–Crippen MR) is 56.7 cm³/mol. The number of morpholine rings is 1. The van der Waals surface area contributed by atoms with Crippen molar-refractivity contribution in [2.24, 2.45) is 0 Å². The van der Waals surface area contributed by atoms with Crippen LogP contribution in [0.3, 0.4) is 0 Å². The van der Waals surface area contributed by atoms with Crippen LogP contribution in [0.15, 0.2) is 0 Å². The number of nitrogens with one attached hydrogen (secondary N) is 1. The van der Waals surface area contributed by atoms with E-state index in [2.05, 4.69) is 15.0 Å². The minimum absolute atomic E-state index is 0.375. The predicted octanol–water partition coefficient (Wildman–Crippen LogP) is -0.530. The van der Waals surface area contributed by atoms with Gasteiger partial charge in [0.1, 0.15) is 0 Å². The molecule has 2 fully saturated rings. The van der Waals surface area contributed by atoms with Crippen LogP contribution < -0.4 is 5.32 Å². The molecule has 0 spiro atoms. The zero-order valence-corrected chi connectivity index (χ0v) is 9.28. The first-order valence-electron chi connectivity index (χ1n) is 5.37. The second kappa shape index (κ2) is 7.62. The largest absolute Gasteiger partial charge is 0.471 e. The van der Waals surface area contributed by atoms with E-state index in [0.29, 0.717) is 6.47 Å². The molecule has 0 aromatic rings. The summed E-state index contributed by atoms with van der Waals surface area (Å²) in [5.41, 5.74) is 0. The average molecular weight is 216 g/mol. The molecule has 1 atom stereocenters. The van der Waals surface area contributed by atoms with E-state index in [-0.39, 0.29) is 0 Å². The van der Waals surface area contributed by atoms with Gasteiger partial charge in [0, 0.05) is 25.7 Å². The smallest absolute Gasteiger partial charge is 0.292 e. The number of nitrogens with zero attached hydrogens (tertiary/aromatic N) is 1. The fourth-order valence-electron chi connectivity index (χ4n) is 1.89. The molecule has 1 N–H and O–H groups in total. The van der Waals surface area contributed by atoms with Crippen molar-refractivity contribution in [3.05, 3.63) is 0 Å². The Kier molecular flexibility index (Phi) is 6.31. The van der Waals surface area contributed by atoms with Crippen molar-refractivity contribution in [2.75, 3.05) is 46.5 Å². The standard InChI is InChI=1S/C8H16N2O.C2H4O2/c1-2-9-7-8(1)10-3-5-11-6-4-10;1-4-2-3/h8-9H,1-7H2;2H,1H3. The maximum Gasteiger partial charge on any atom is 0.292 e. The molecule has 0 aliphatic carbocycles. The number of hydrogen-bond donors (Lipinski definition) is 1. The number of rotatable bonds is 2. The lowest BCUT2D eigenvalue weighted by Gasteiger charge is -2.31. The van der Waals surface area contributed by atoms with Crippen molar-refractivity contribution in [1.29, 1.82) is 0 Å². The molecule has 1 unspecified atom stereocenters. The van der Waals surface area contributed by atoms with Crippen LogP contribution in [0.25, 0.3) is 0 Å². The summed E-state index contributed by atoms with van der Waals surface area (Å²) in [5.74, 6) is 0. The third-order valence-electron chi connectivity index (χ3n) is 2.69. The summed E-state index contributed by atoms with van der Waals surface area (Å²) < 4.78 is 9.16. The lowest BCUT2D eigenvalue weighted by atomic mass is 10.2. The molecule has 2 rings (SSSR count). The van der Waals surface area contributed by atoms with Crippen LogP contribution in [-0.2, 0) is 14.3 Å². The molecule has 88 valence electrons. The van der Waals surface area contributed by atoms with E-state index >= 15 is 0 Å². The quantitative estimate of drug-likeness (QED) is 0.629. The summed E-state index contributed by atoms with van der Waals surface area (Å²) in [6.07, 6.45) is 1.32. The van der Waals surface area contributed by atoms with Crippen molar-refractivity contribution in [3.63, 3.8) is 0 Å². The highest BCUT2D eigenvalue weighted by Gasteiger charge is 2.23. The molecular formula is C10H20N2O3. The van der Waals surface area contributed by atoms with Gasteiger partial charge in [0.05, 0.1) is 20.3 Å². The molecule has 15 heavy (non-hydrogen) atoms. The Morgan fingerprint density at radius 3 is 2.60 bits per heavy atom. The van der Waals surface area contributed by atoms with Gasteiger partial charge in [-0.3, -0.25) is 9.69 Å². The van der Waals surface area contributed by atoms with Crippen molar-refractivity contribution >= 4 is 6.47 Å². The van der Waals surface area contributed by atoms with Crippen molar-refractivity contribution in [1.82, 2.24) is 10.2 Å². The van der Waals surface area contributed by atoms with Gasteiger partial charge in [-0.1, -0.05) is 0 Å². The summed E-state index contributed by atoms with van der Waals surface area (Å²) >= 11 is 0. The van der Waals surface area contributed by atoms with E-state index in [1.54, 1.807) is 0 Å². The lowest BCUT2D eigenvalue weighted by Crippen LogP contribution is -2.44. The minimum Gasteiger partial charge on any atom is -0.471 e. The Labute approximate surface area is 90.7 Å². The van der Waals surface area contributed by atoms with Gasteiger partial charge in [0.2, 0.25) is 0 Å². The highest BCUT2D eigenvalue weighted by Crippen LogP contribution is 2.09. The normalized spacial score (nSPS) is 26.6. The zero-order valence-electron chi connectivity index (χ0n) is 9.28. The molecule has 2 aliphatic rings. The number of carbonyl (C=O) groups excluding carboxylic acids is 1. The van der Waals surface area contributed by atoms with Crippen molar-refractivity contribution in [2.45, 2.75) is 12.5 Å². The van der Waals surface area contributed by atoms with E-state index in [4.69, 9.17) is 9.53 Å². The molecule has 5 nitrogen and oxygen atoms in total. The molecule has 2 aliphatic heterocycles. The van der Waals surface area contributed by atoms with Gasteiger partial charge in [-0.25, -0.2) is 0 Å². The van der Waals surface area contributed by atoms with Gasteiger partial charge in [-0.2, -0.15) is 0 Å². The minimum atomic E-state index is 0.375. The van der Waals surface area contributed by atoms with E-state index < -0.39 is 0 Å². The molecule has 0 bridgehead atoms. The first kappa shape index (κ1) is 12.4. The van der Waals surface area contributed by atoms with Crippen LogP contribution in [0, 0.1) is 0 Å². The van der Waals surface area contributed by atoms with E-state index in [1.807, 2.05) is 0 Å². The molecule has 0 saturated carbocycles. The summed E-state index contributed by atoms with van der Waals surface area (Å²) in [6.45, 7) is 6.87. The number of ether oxygens (including phenoxy) is 2. The number of methoxy groups -OCH3 is 1. The third kappa shape index (κ3) is 4.59. The summed E-state index contributed by atoms with van der Waals surface area (Å²) in [7, 11) is 1.31. The fourth-order valence-corrected chi connectivity index (χ4v) is 1.89. The fraction of sp³-hybridized carbons (Fsp3) is 0.900. The third-order valence-corrected chi connectivity index (χ3v) is 2.69. The Bertz CT molecular complexity index is 166. The van der Waals surface area contributed by atoms with E-state index in [9.17, 15) is 0 Å². The van der Waals surface area contributed by atoms with Crippen molar-refractivity contribution < 1.29 is 14.3 Å². The van der Waals surface area contributed by atoms with Crippen LogP contribution in [-0.4, -0.2) is 63.9 Å². The molecule has 0 aromatic carbocycles. The lowest BCUT2D eigenvalue weighted by molar-refractivity contribution is -0.126. The number of hydrogen-bond acceptors (Lipinski definition) is 5. The Hall–Kier alpha value is -0.650. The monoisotopic (exact) mass is 216 g/mol. The van der Waals surface area contributed by atoms with Crippen LogP contribution in [0.1, 0.15) is 6.42 Å². The van der Waals surface area contributed by atoms with Crippen LogP contribution >= 0.6 is 0 Å². The molecule has 0 radical (unpaired) electrons. The van der Waals surface area contributed by atoms with Crippen molar-refractivity contribution in [3.8, 4) is 0 Å². The highest BCUT2D eigenvalue weighted by molar-refractivity contribution is 5.36. The van der Waals surface area contributed by atoms with Crippen LogP contribution in [0.4, 0.5) is 0 Å². The van der Waals surface area contributed by atoms with Gasteiger partial charge < -0.3 is 14.8 Å². The molecule has 5 heteroatoms. The Morgan fingerprint density at radius 1 is 1.47 bits per heavy atom. The van der Waals surface area contributed by atoms with Gasteiger partial charge in [-0.05, 0) is 13.0 Å². The second-order valence-corrected chi connectivity index (χ2v) is 3.63. The van der Waals surface area contributed by atoms with Gasteiger partial charge in [0.25, 0.3) is 6.47 Å². The van der Waals surface area contributed by atoms with Gasteiger partial charge in [0.15, 0.2) is 0 Å². The van der Waals surface area contributed by atoms with E-state index in [0.717, 1.165) is 32.3 Å². The summed E-state index contributed by atoms with van der Waals surface area (Å²) in [4.78, 5) is 11.5. The van der Waals surface area contributed by atoms with Gasteiger partial charge >= 0.3 is 0 Å². The highest BCUT2D eigenvalue weighted by atomic mass is 16.5. The van der Waals surface area contributed by atoms with Crippen LogP contribution in [0.5, 0.6) is 0 Å². The molecular weight excluding hydrogens is 196 g/mol. The number of carbonyl (C=O) groups is 1. The van der Waals surface area contributed by atoms with Crippen LogP contribution in [0.2, 0.25) is 0 Å².